The normalized spacial score (nSPS) is 25.7. The van der Waals surface area contributed by atoms with Crippen LogP contribution in [0.15, 0.2) is 16.9 Å². The smallest absolute Gasteiger partial charge is 0.255 e. The number of rotatable bonds is 8. The van der Waals surface area contributed by atoms with Crippen LogP contribution in [0.25, 0.3) is 5.76 Å². The lowest BCUT2D eigenvalue weighted by Gasteiger charge is -2.50. The summed E-state index contributed by atoms with van der Waals surface area (Å²) in [6, 6.07) is -1.84. The van der Waals surface area contributed by atoms with E-state index in [1.807, 2.05) is 6.92 Å². The van der Waals surface area contributed by atoms with Crippen LogP contribution in [-0.2, 0) is 25.6 Å². The van der Waals surface area contributed by atoms with Crippen molar-refractivity contribution < 1.29 is 39.6 Å². The lowest BCUT2D eigenvalue weighted by molar-refractivity contribution is -0.153. The van der Waals surface area contributed by atoms with Crippen molar-refractivity contribution >= 4 is 52.1 Å². The molecule has 1 aromatic rings. The number of aliphatic hydroxyl groups is 3. The first-order valence-corrected chi connectivity index (χ1v) is 14.3. The number of anilines is 2. The van der Waals surface area contributed by atoms with E-state index < -0.39 is 75.7 Å². The number of nitrogens with two attached hydrogens (primary N) is 1. The predicted octanol–water partition coefficient (Wildman–Crippen LogP) is 1.01. The quantitative estimate of drug-likeness (QED) is 0.161. The highest BCUT2D eigenvalue weighted by Crippen LogP contribution is 2.56. The van der Waals surface area contributed by atoms with Gasteiger partial charge < -0.3 is 41.7 Å². The van der Waals surface area contributed by atoms with Crippen molar-refractivity contribution in [1.82, 2.24) is 10.2 Å². The molecular formula is C29H38ClN5O8. The molecule has 3 aliphatic carbocycles. The number of nitrogens with one attached hydrogen (secondary N) is 2. The van der Waals surface area contributed by atoms with Gasteiger partial charge in [-0.05, 0) is 58.3 Å². The molecule has 0 saturated heterocycles. The highest BCUT2D eigenvalue weighted by molar-refractivity contribution is 6.37. The van der Waals surface area contributed by atoms with Crippen LogP contribution in [0.1, 0.15) is 37.8 Å². The fourth-order valence-corrected chi connectivity index (χ4v) is 7.01. The average molecular weight is 620 g/mol. The monoisotopic (exact) mass is 619 g/mol. The van der Waals surface area contributed by atoms with Crippen molar-refractivity contribution in [2.45, 2.75) is 50.8 Å². The van der Waals surface area contributed by atoms with Gasteiger partial charge in [0.1, 0.15) is 22.8 Å². The molecule has 234 valence electrons. The fourth-order valence-electron chi connectivity index (χ4n) is 6.59. The molecule has 1 saturated carbocycles. The second kappa shape index (κ2) is 11.5. The van der Waals surface area contributed by atoms with E-state index in [0.29, 0.717) is 17.8 Å². The third-order valence-electron chi connectivity index (χ3n) is 8.59. The Kier molecular flexibility index (Phi) is 8.59. The second-order valence-electron chi connectivity index (χ2n) is 11.8. The van der Waals surface area contributed by atoms with Crippen LogP contribution >= 0.6 is 11.6 Å². The number of ketones is 2. The molecule has 1 aromatic carbocycles. The molecule has 0 bridgehead atoms. The summed E-state index contributed by atoms with van der Waals surface area (Å²) < 4.78 is 0. The van der Waals surface area contributed by atoms with Gasteiger partial charge in [0.2, 0.25) is 11.7 Å². The van der Waals surface area contributed by atoms with Crippen LogP contribution in [0.3, 0.4) is 0 Å². The summed E-state index contributed by atoms with van der Waals surface area (Å²) >= 11 is 6.76. The van der Waals surface area contributed by atoms with E-state index in [1.165, 1.54) is 19.0 Å². The van der Waals surface area contributed by atoms with Crippen molar-refractivity contribution in [1.29, 1.82) is 0 Å². The SMILES string of the molecule is CCCNC(C)C(=O)Nc1c(O)c2c(c(N(C)C)c1Cl)CC1CC3[C@H](N(C)C)C(=O)C(C(N)=O)=C(O)C3(O)C(=O)C1=C2O. The molecule has 0 aliphatic heterocycles. The molecule has 0 radical (unpaired) electrons. The molecule has 0 heterocycles. The molecule has 14 heteroatoms. The lowest BCUT2D eigenvalue weighted by atomic mass is 9.57. The summed E-state index contributed by atoms with van der Waals surface area (Å²) in [6.45, 7) is 4.15. The standard InChI is InChI=1S/C29H38ClN5O8/c1-7-8-32-11(2)28(42)33-19-18(30)20(34(3)4)13-9-12-10-14-21(35(5)6)24(38)17(27(31)41)26(40)29(14,43)25(39)15(12)22(36)16(13)23(19)37/h11-12,14,21,32,36-37,40,43H,7-10H2,1-6H3,(H2,31,41)(H,33,42)/t11?,12?,14?,21-,29?/m0/s1. The number of carbonyl (C=O) groups excluding carboxylic acids is 4. The Morgan fingerprint density at radius 2 is 1.79 bits per heavy atom. The van der Waals surface area contributed by atoms with Crippen LogP contribution in [-0.4, -0.2) is 101 Å². The number of Topliss-reactive ketones (excluding diaryl/α,β-unsaturated/α-hetero) is 2. The van der Waals surface area contributed by atoms with Gasteiger partial charge in [0, 0.05) is 25.6 Å². The van der Waals surface area contributed by atoms with Gasteiger partial charge in [0.25, 0.3) is 5.91 Å². The fraction of sp³-hybridized carbons (Fsp3) is 0.517. The molecular weight excluding hydrogens is 582 g/mol. The minimum absolute atomic E-state index is 0.0119. The van der Waals surface area contributed by atoms with Gasteiger partial charge >= 0.3 is 0 Å². The third-order valence-corrected chi connectivity index (χ3v) is 8.96. The largest absolute Gasteiger partial charge is 0.508 e. The van der Waals surface area contributed by atoms with E-state index in [-0.39, 0.29) is 34.7 Å². The maximum Gasteiger partial charge on any atom is 0.255 e. The van der Waals surface area contributed by atoms with Gasteiger partial charge in [0.05, 0.1) is 28.4 Å². The lowest BCUT2D eigenvalue weighted by Crippen LogP contribution is -2.65. The van der Waals surface area contributed by atoms with E-state index in [0.717, 1.165) is 6.42 Å². The molecule has 43 heavy (non-hydrogen) atoms. The zero-order valence-electron chi connectivity index (χ0n) is 24.9. The highest BCUT2D eigenvalue weighted by atomic mass is 35.5. The van der Waals surface area contributed by atoms with Crippen LogP contribution in [0.5, 0.6) is 5.75 Å². The number of primary amides is 1. The van der Waals surface area contributed by atoms with Crippen molar-refractivity contribution in [3.8, 4) is 5.75 Å². The highest BCUT2D eigenvalue weighted by Gasteiger charge is 2.64. The first kappa shape index (κ1) is 32.3. The summed E-state index contributed by atoms with van der Waals surface area (Å²) in [7, 11) is 6.44. The topological polar surface area (TPSA) is 206 Å². The first-order valence-electron chi connectivity index (χ1n) is 14.0. The molecule has 5 atom stereocenters. The summed E-state index contributed by atoms with van der Waals surface area (Å²) in [5, 5.41) is 51.5. The summed E-state index contributed by atoms with van der Waals surface area (Å²) in [6.07, 6.45) is 0.778. The van der Waals surface area contributed by atoms with Gasteiger partial charge in [-0.1, -0.05) is 18.5 Å². The van der Waals surface area contributed by atoms with Crippen LogP contribution in [0.4, 0.5) is 11.4 Å². The molecule has 0 spiro atoms. The Morgan fingerprint density at radius 3 is 2.33 bits per heavy atom. The minimum atomic E-state index is -2.76. The molecule has 4 rings (SSSR count). The van der Waals surface area contributed by atoms with E-state index in [4.69, 9.17) is 17.3 Å². The number of halogens is 1. The van der Waals surface area contributed by atoms with Crippen LogP contribution in [0, 0.1) is 11.8 Å². The van der Waals surface area contributed by atoms with Gasteiger partial charge in [0.15, 0.2) is 17.1 Å². The van der Waals surface area contributed by atoms with Gasteiger partial charge in [-0.15, -0.1) is 0 Å². The van der Waals surface area contributed by atoms with Gasteiger partial charge in [-0.3, -0.25) is 24.1 Å². The average Bonchev–Trinajstić information content (AvgIpc) is 2.90. The minimum Gasteiger partial charge on any atom is -0.508 e. The molecule has 3 aliphatic rings. The summed E-state index contributed by atoms with van der Waals surface area (Å²) in [5.74, 6) is -8.17. The Balaban J connectivity index is 1.94. The number of phenolic OH excluding ortho intramolecular Hbond substituents is 1. The number of phenols is 1. The number of nitrogens with zero attached hydrogens (tertiary/aromatic N) is 2. The number of hydrogen-bond acceptors (Lipinski definition) is 11. The molecule has 8 N–H and O–H groups in total. The van der Waals surface area contributed by atoms with Crippen LogP contribution in [0.2, 0.25) is 5.02 Å². The van der Waals surface area contributed by atoms with E-state index in [1.54, 1.807) is 25.9 Å². The zero-order chi connectivity index (χ0) is 32.3. The zero-order valence-corrected chi connectivity index (χ0v) is 25.7. The number of hydrogen-bond donors (Lipinski definition) is 7. The maximum atomic E-state index is 14.1. The number of benzene rings is 1. The number of fused-ring (bicyclic) bond motifs is 3. The number of carbonyl (C=O) groups is 4. The number of aliphatic hydroxyl groups excluding tert-OH is 2. The van der Waals surface area contributed by atoms with E-state index in [2.05, 4.69) is 10.6 Å². The van der Waals surface area contributed by atoms with Gasteiger partial charge in [-0.25, -0.2) is 0 Å². The van der Waals surface area contributed by atoms with Crippen molar-refractivity contribution in [2.75, 3.05) is 45.0 Å². The Labute approximate surface area is 254 Å². The molecule has 1 fully saturated rings. The van der Waals surface area contributed by atoms with E-state index >= 15 is 0 Å². The van der Waals surface area contributed by atoms with Crippen molar-refractivity contribution in [3.63, 3.8) is 0 Å². The first-order chi connectivity index (χ1) is 20.0. The number of amides is 2. The summed E-state index contributed by atoms with van der Waals surface area (Å²) in [4.78, 5) is 55.6. The Hall–Kier alpha value is -3.65. The van der Waals surface area contributed by atoms with Crippen molar-refractivity contribution in [3.05, 3.63) is 33.1 Å². The third kappa shape index (κ3) is 4.84. The maximum absolute atomic E-state index is 14.1. The number of aromatic hydroxyl groups is 1. The van der Waals surface area contributed by atoms with Gasteiger partial charge in [-0.2, -0.15) is 0 Å². The number of likely N-dealkylation sites (N-methyl/N-ethyl adjacent to an activating group) is 1. The Bertz CT molecular complexity index is 1490. The van der Waals surface area contributed by atoms with Crippen molar-refractivity contribution in [2.24, 2.45) is 17.6 Å². The predicted molar refractivity (Wildman–Crippen MR) is 160 cm³/mol. The molecule has 2 amide bonds. The van der Waals surface area contributed by atoms with Crippen LogP contribution < -0.4 is 21.3 Å². The molecule has 4 unspecified atom stereocenters. The molecule has 13 nitrogen and oxygen atoms in total. The molecule has 0 aromatic heterocycles. The summed E-state index contributed by atoms with van der Waals surface area (Å²) in [5.41, 5.74) is 1.83. The van der Waals surface area contributed by atoms with E-state index in [9.17, 15) is 39.6 Å². The Morgan fingerprint density at radius 1 is 1.16 bits per heavy atom. The second-order valence-corrected chi connectivity index (χ2v) is 12.1.